The Kier molecular flexibility index (Phi) is 5.73. The van der Waals surface area contributed by atoms with Crippen molar-refractivity contribution in [1.29, 1.82) is 0 Å². The summed E-state index contributed by atoms with van der Waals surface area (Å²) in [6.45, 7) is 10.1. The van der Waals surface area contributed by atoms with Crippen LogP contribution in [0.4, 0.5) is 0 Å². The van der Waals surface area contributed by atoms with Crippen LogP contribution in [0.25, 0.3) is 0 Å². The van der Waals surface area contributed by atoms with Gasteiger partial charge in [0, 0.05) is 35.4 Å². The van der Waals surface area contributed by atoms with Gasteiger partial charge in [-0.05, 0) is 38.5 Å². The fraction of sp³-hybridized carbons (Fsp3) is 0.524. The minimum Gasteiger partial charge on any atom is -0.505 e. The Morgan fingerprint density at radius 1 is 1.39 bits per heavy atom. The highest BCUT2D eigenvalue weighted by atomic mass is 35.5. The Bertz CT molecular complexity index is 866. The number of hydrogen-bond acceptors (Lipinski definition) is 5. The Labute approximate surface area is 170 Å². The maximum atomic E-state index is 11.4. The van der Waals surface area contributed by atoms with E-state index in [2.05, 4.69) is 43.5 Å². The predicted molar refractivity (Wildman–Crippen MR) is 108 cm³/mol. The van der Waals surface area contributed by atoms with Crippen LogP contribution in [-0.4, -0.2) is 41.0 Å². The van der Waals surface area contributed by atoms with E-state index in [1.807, 2.05) is 6.20 Å². The monoisotopic (exact) mass is 406 g/mol. The van der Waals surface area contributed by atoms with Crippen LogP contribution < -0.4 is 4.74 Å². The highest BCUT2D eigenvalue weighted by Gasteiger charge is 2.50. The first-order chi connectivity index (χ1) is 13.2. The van der Waals surface area contributed by atoms with Crippen molar-refractivity contribution in [1.82, 2.24) is 9.78 Å². The molecule has 1 fully saturated rings. The van der Waals surface area contributed by atoms with Crippen LogP contribution in [0.5, 0.6) is 11.5 Å². The van der Waals surface area contributed by atoms with E-state index >= 15 is 0 Å². The number of aromatic nitrogens is 2. The SMILES string of the molecule is CC(C)n1nccc1C1(C)CCOCC1(C)COc1ccc(Cl)c(O)c1C=O. The zero-order valence-electron chi connectivity index (χ0n) is 16.7. The summed E-state index contributed by atoms with van der Waals surface area (Å²) in [5, 5.41) is 14.7. The number of nitrogens with zero attached hydrogens (tertiary/aromatic N) is 2. The van der Waals surface area contributed by atoms with Gasteiger partial charge in [0.25, 0.3) is 0 Å². The molecule has 28 heavy (non-hydrogen) atoms. The van der Waals surface area contributed by atoms with E-state index in [0.29, 0.717) is 31.9 Å². The van der Waals surface area contributed by atoms with Crippen LogP contribution in [0.1, 0.15) is 56.2 Å². The third-order valence-electron chi connectivity index (χ3n) is 6.02. The summed E-state index contributed by atoms with van der Waals surface area (Å²) in [7, 11) is 0. The Hall–Kier alpha value is -2.05. The van der Waals surface area contributed by atoms with E-state index in [1.54, 1.807) is 6.07 Å². The topological polar surface area (TPSA) is 73.6 Å². The lowest BCUT2D eigenvalue weighted by molar-refractivity contribution is -0.0793. The first kappa shape index (κ1) is 20.7. The minimum absolute atomic E-state index is 0.0572. The molecule has 1 N–H and O–H groups in total. The number of aldehydes is 1. The molecule has 0 spiro atoms. The Balaban J connectivity index is 1.94. The number of phenolic OH excluding ortho intramolecular Hbond substituents is 1. The van der Waals surface area contributed by atoms with Gasteiger partial charge in [-0.25, -0.2) is 0 Å². The summed E-state index contributed by atoms with van der Waals surface area (Å²) in [6.07, 6.45) is 3.22. The smallest absolute Gasteiger partial charge is 0.157 e. The third-order valence-corrected chi connectivity index (χ3v) is 6.32. The summed E-state index contributed by atoms with van der Waals surface area (Å²) < 4.78 is 13.9. The molecule has 1 aromatic carbocycles. The van der Waals surface area contributed by atoms with Gasteiger partial charge in [0.15, 0.2) is 6.29 Å². The lowest BCUT2D eigenvalue weighted by Gasteiger charge is -2.49. The highest BCUT2D eigenvalue weighted by Crippen LogP contribution is 2.48. The number of rotatable bonds is 6. The molecule has 1 aromatic heterocycles. The number of benzene rings is 1. The molecule has 152 valence electrons. The molecule has 2 atom stereocenters. The lowest BCUT2D eigenvalue weighted by Crippen LogP contribution is -2.53. The largest absolute Gasteiger partial charge is 0.505 e. The van der Waals surface area contributed by atoms with Gasteiger partial charge in [-0.3, -0.25) is 9.48 Å². The van der Waals surface area contributed by atoms with Crippen molar-refractivity contribution >= 4 is 17.9 Å². The van der Waals surface area contributed by atoms with Crippen LogP contribution in [-0.2, 0) is 10.2 Å². The van der Waals surface area contributed by atoms with Crippen LogP contribution in [0.3, 0.4) is 0 Å². The predicted octanol–water partition coefficient (Wildman–Crippen LogP) is 4.40. The van der Waals surface area contributed by atoms with E-state index in [9.17, 15) is 9.90 Å². The van der Waals surface area contributed by atoms with Gasteiger partial charge in [0.2, 0.25) is 0 Å². The summed E-state index contributed by atoms with van der Waals surface area (Å²) in [5.41, 5.74) is 0.600. The average molecular weight is 407 g/mol. The van der Waals surface area contributed by atoms with Crippen molar-refractivity contribution in [2.45, 2.75) is 45.6 Å². The molecular weight excluding hydrogens is 380 g/mol. The summed E-state index contributed by atoms with van der Waals surface area (Å²) in [5.74, 6) is 0.0447. The lowest BCUT2D eigenvalue weighted by atomic mass is 9.61. The second-order valence-electron chi connectivity index (χ2n) is 8.16. The number of halogens is 1. The van der Waals surface area contributed by atoms with Gasteiger partial charge in [0.05, 0.1) is 23.8 Å². The fourth-order valence-electron chi connectivity index (χ4n) is 3.88. The molecule has 1 saturated heterocycles. The van der Waals surface area contributed by atoms with Crippen molar-refractivity contribution in [3.05, 3.63) is 40.7 Å². The molecule has 0 amide bonds. The van der Waals surface area contributed by atoms with Gasteiger partial charge in [-0.1, -0.05) is 25.4 Å². The molecule has 1 aliphatic rings. The Morgan fingerprint density at radius 3 is 2.82 bits per heavy atom. The van der Waals surface area contributed by atoms with Crippen LogP contribution in [0, 0.1) is 5.41 Å². The first-order valence-corrected chi connectivity index (χ1v) is 9.82. The standard InChI is InChI=1S/C21H27ClN2O4/c1-14(2)24-18(7-9-23-24)21(4)8-10-27-12-20(21,3)13-28-17-6-5-16(22)19(26)15(17)11-25/h5-7,9,11,14,26H,8,10,12-13H2,1-4H3. The van der Waals surface area contributed by atoms with Crippen molar-refractivity contribution in [2.24, 2.45) is 5.41 Å². The van der Waals surface area contributed by atoms with Crippen LogP contribution in [0.2, 0.25) is 5.02 Å². The minimum atomic E-state index is -0.368. The van der Waals surface area contributed by atoms with E-state index in [1.165, 1.54) is 6.07 Å². The molecule has 6 nitrogen and oxygen atoms in total. The van der Waals surface area contributed by atoms with Crippen molar-refractivity contribution in [2.75, 3.05) is 19.8 Å². The van der Waals surface area contributed by atoms with E-state index in [4.69, 9.17) is 21.1 Å². The normalized spacial score (nSPS) is 25.1. The van der Waals surface area contributed by atoms with E-state index in [0.717, 1.165) is 12.1 Å². The summed E-state index contributed by atoms with van der Waals surface area (Å²) in [6, 6.07) is 5.43. The van der Waals surface area contributed by atoms with Gasteiger partial charge in [-0.2, -0.15) is 5.10 Å². The molecule has 0 radical (unpaired) electrons. The molecule has 3 rings (SSSR count). The van der Waals surface area contributed by atoms with Crippen LogP contribution in [0.15, 0.2) is 24.4 Å². The number of ether oxygens (including phenoxy) is 2. The third kappa shape index (κ3) is 3.40. The molecule has 7 heteroatoms. The zero-order chi connectivity index (χ0) is 20.5. The fourth-order valence-corrected chi connectivity index (χ4v) is 4.04. The summed E-state index contributed by atoms with van der Waals surface area (Å²) in [4.78, 5) is 11.4. The average Bonchev–Trinajstić information content (AvgIpc) is 3.16. The number of aromatic hydroxyl groups is 1. The van der Waals surface area contributed by atoms with Crippen molar-refractivity contribution in [3.63, 3.8) is 0 Å². The molecule has 1 aliphatic heterocycles. The van der Waals surface area contributed by atoms with Gasteiger partial charge in [-0.15, -0.1) is 0 Å². The first-order valence-electron chi connectivity index (χ1n) is 9.45. The molecule has 2 heterocycles. The van der Waals surface area contributed by atoms with Crippen molar-refractivity contribution in [3.8, 4) is 11.5 Å². The maximum absolute atomic E-state index is 11.4. The molecule has 0 bridgehead atoms. The van der Waals surface area contributed by atoms with E-state index < -0.39 is 0 Å². The molecule has 0 aliphatic carbocycles. The van der Waals surface area contributed by atoms with Crippen LogP contribution >= 0.6 is 11.6 Å². The second-order valence-corrected chi connectivity index (χ2v) is 8.57. The molecule has 2 unspecified atom stereocenters. The molecule has 0 saturated carbocycles. The number of hydrogen-bond donors (Lipinski definition) is 1. The molecular formula is C21H27ClN2O4. The highest BCUT2D eigenvalue weighted by molar-refractivity contribution is 6.32. The number of phenols is 1. The second kappa shape index (κ2) is 7.76. The van der Waals surface area contributed by atoms with E-state index in [-0.39, 0.29) is 33.2 Å². The number of carbonyl (C=O) groups excluding carboxylic acids is 1. The Morgan fingerprint density at radius 2 is 2.14 bits per heavy atom. The number of carbonyl (C=O) groups is 1. The molecule has 2 aromatic rings. The quantitative estimate of drug-likeness (QED) is 0.720. The maximum Gasteiger partial charge on any atom is 0.157 e. The van der Waals surface area contributed by atoms with Gasteiger partial charge < -0.3 is 14.6 Å². The van der Waals surface area contributed by atoms with Crippen molar-refractivity contribution < 1.29 is 19.4 Å². The van der Waals surface area contributed by atoms with Gasteiger partial charge >= 0.3 is 0 Å². The zero-order valence-corrected chi connectivity index (χ0v) is 17.5. The summed E-state index contributed by atoms with van der Waals surface area (Å²) >= 11 is 5.91. The van der Waals surface area contributed by atoms with Gasteiger partial charge in [0.1, 0.15) is 11.5 Å².